The lowest BCUT2D eigenvalue weighted by molar-refractivity contribution is 0.313. The van der Waals surface area contributed by atoms with Crippen LogP contribution < -0.4 is 4.74 Å². The van der Waals surface area contributed by atoms with Gasteiger partial charge in [0.15, 0.2) is 5.65 Å². The number of aryl methyl sites for hydroxylation is 1. The molecule has 4 aromatic rings. The number of fused-ring (bicyclic) bond motifs is 1. The maximum absolute atomic E-state index is 13.8. The molecule has 136 valence electrons. The molecule has 0 amide bonds. The van der Waals surface area contributed by atoms with E-state index < -0.39 is 5.82 Å². The molecule has 4 heterocycles. The maximum Gasteiger partial charge on any atom is 0.318 e. The van der Waals surface area contributed by atoms with Crippen molar-refractivity contribution in [3.8, 4) is 17.4 Å². The van der Waals surface area contributed by atoms with E-state index in [1.165, 1.54) is 6.07 Å². The van der Waals surface area contributed by atoms with Crippen LogP contribution in [-0.4, -0.2) is 36.1 Å². The third-order valence-electron chi connectivity index (χ3n) is 4.05. The van der Waals surface area contributed by atoms with E-state index in [-0.39, 0.29) is 0 Å². The van der Waals surface area contributed by atoms with Crippen LogP contribution in [0.4, 0.5) is 4.39 Å². The molecule has 0 N–H and O–H groups in total. The number of hydrogen-bond donors (Lipinski definition) is 0. The van der Waals surface area contributed by atoms with Gasteiger partial charge in [-0.15, -0.1) is 0 Å². The zero-order valence-corrected chi connectivity index (χ0v) is 14.9. The molecule has 0 radical (unpaired) electrons. The number of ether oxygens (including phenoxy) is 1. The Morgan fingerprint density at radius 3 is 2.74 bits per heavy atom. The van der Waals surface area contributed by atoms with Gasteiger partial charge in [-0.05, 0) is 31.5 Å². The number of pyridine rings is 2. The molecule has 0 spiro atoms. The molecule has 0 aliphatic rings. The molecular weight excluding hydrogens is 347 g/mol. The zero-order valence-electron chi connectivity index (χ0n) is 14.9. The van der Waals surface area contributed by atoms with E-state index in [9.17, 15) is 4.39 Å². The Morgan fingerprint density at radius 1 is 1.11 bits per heavy atom. The maximum atomic E-state index is 13.8. The van der Waals surface area contributed by atoms with Gasteiger partial charge in [-0.3, -0.25) is 9.97 Å². The topological polar surface area (TPSA) is 78.6 Å². The molecule has 7 nitrogen and oxygen atoms in total. The molecule has 0 unspecified atom stereocenters. The van der Waals surface area contributed by atoms with Crippen LogP contribution in [0.3, 0.4) is 0 Å². The minimum Gasteiger partial charge on any atom is -0.464 e. The highest BCUT2D eigenvalue weighted by Crippen LogP contribution is 2.27. The average molecular weight is 364 g/mol. The number of halogens is 1. The van der Waals surface area contributed by atoms with Crippen LogP contribution in [0.5, 0.6) is 6.01 Å². The molecular formula is C19H17FN6O. The van der Waals surface area contributed by atoms with Gasteiger partial charge in [0.2, 0.25) is 0 Å². The number of nitrogens with zero attached hydrogens (tertiary/aromatic N) is 6. The summed E-state index contributed by atoms with van der Waals surface area (Å²) in [5.74, 6) is 0.136. The Hall–Kier alpha value is -3.42. The third kappa shape index (κ3) is 3.33. The van der Waals surface area contributed by atoms with Crippen molar-refractivity contribution in [2.45, 2.75) is 20.4 Å². The standard InChI is InChI=1S/C19H17FN6O/c1-3-27-19-23-12(2)16-18(25-19)26(11-13-5-4-6-21-8-13)17(24-16)14-7-15(20)10-22-9-14/h4-10H,3,11H2,1-2H3. The van der Waals surface area contributed by atoms with E-state index >= 15 is 0 Å². The van der Waals surface area contributed by atoms with Crippen LogP contribution in [0.25, 0.3) is 22.6 Å². The zero-order chi connectivity index (χ0) is 18.8. The van der Waals surface area contributed by atoms with Crippen LogP contribution in [0.1, 0.15) is 18.2 Å². The van der Waals surface area contributed by atoms with Crippen LogP contribution in [0.15, 0.2) is 43.0 Å². The lowest BCUT2D eigenvalue weighted by Gasteiger charge is -2.09. The molecule has 0 saturated heterocycles. The summed E-state index contributed by atoms with van der Waals surface area (Å²) in [7, 11) is 0. The Bertz CT molecular complexity index is 1100. The Labute approximate surface area is 154 Å². The quantitative estimate of drug-likeness (QED) is 0.541. The first-order valence-electron chi connectivity index (χ1n) is 8.53. The van der Waals surface area contributed by atoms with E-state index in [2.05, 4.69) is 24.9 Å². The normalized spacial score (nSPS) is 11.1. The fourth-order valence-electron chi connectivity index (χ4n) is 2.88. The van der Waals surface area contributed by atoms with E-state index in [0.29, 0.717) is 47.4 Å². The lowest BCUT2D eigenvalue weighted by Crippen LogP contribution is -2.06. The van der Waals surface area contributed by atoms with Gasteiger partial charge in [-0.25, -0.2) is 9.37 Å². The summed E-state index contributed by atoms with van der Waals surface area (Å²) >= 11 is 0. The summed E-state index contributed by atoms with van der Waals surface area (Å²) in [5, 5.41) is 0. The number of rotatable bonds is 5. The molecule has 0 aromatic carbocycles. The molecule has 4 aromatic heterocycles. The summed E-state index contributed by atoms with van der Waals surface area (Å²) in [5.41, 5.74) is 3.49. The first kappa shape index (κ1) is 17.0. The van der Waals surface area contributed by atoms with Gasteiger partial charge < -0.3 is 9.30 Å². The van der Waals surface area contributed by atoms with Crippen molar-refractivity contribution in [1.82, 2.24) is 29.5 Å². The van der Waals surface area contributed by atoms with E-state index in [4.69, 9.17) is 4.74 Å². The monoisotopic (exact) mass is 364 g/mol. The van der Waals surface area contributed by atoms with Crippen LogP contribution in [-0.2, 0) is 6.54 Å². The molecule has 4 rings (SSSR count). The molecule has 27 heavy (non-hydrogen) atoms. The molecule has 0 saturated carbocycles. The highest BCUT2D eigenvalue weighted by atomic mass is 19.1. The van der Waals surface area contributed by atoms with Gasteiger partial charge in [0, 0.05) is 24.2 Å². The van der Waals surface area contributed by atoms with Gasteiger partial charge in [0.05, 0.1) is 25.0 Å². The molecule has 0 aliphatic heterocycles. The van der Waals surface area contributed by atoms with Crippen molar-refractivity contribution in [2.24, 2.45) is 0 Å². The second-order valence-corrected chi connectivity index (χ2v) is 5.97. The Balaban J connectivity index is 1.95. The van der Waals surface area contributed by atoms with Gasteiger partial charge in [0.1, 0.15) is 17.2 Å². The van der Waals surface area contributed by atoms with Crippen LogP contribution >= 0.6 is 0 Å². The summed E-state index contributed by atoms with van der Waals surface area (Å²) in [4.78, 5) is 21.7. The number of hydrogen-bond acceptors (Lipinski definition) is 6. The second kappa shape index (κ2) is 7.06. The minimum atomic E-state index is -0.426. The van der Waals surface area contributed by atoms with Crippen LogP contribution in [0, 0.1) is 12.7 Å². The minimum absolute atomic E-state index is 0.291. The Morgan fingerprint density at radius 2 is 2.00 bits per heavy atom. The SMILES string of the molecule is CCOc1nc(C)c2nc(-c3cncc(F)c3)n(Cc3cccnc3)c2n1. The van der Waals surface area contributed by atoms with E-state index in [1.807, 2.05) is 30.5 Å². The summed E-state index contributed by atoms with van der Waals surface area (Å²) < 4.78 is 21.1. The summed E-state index contributed by atoms with van der Waals surface area (Å²) in [6, 6.07) is 5.52. The molecule has 0 fully saturated rings. The molecule has 0 aliphatic carbocycles. The number of imidazole rings is 1. The fourth-order valence-corrected chi connectivity index (χ4v) is 2.88. The van der Waals surface area contributed by atoms with Crippen molar-refractivity contribution in [3.63, 3.8) is 0 Å². The lowest BCUT2D eigenvalue weighted by atomic mass is 10.2. The van der Waals surface area contributed by atoms with Gasteiger partial charge in [-0.1, -0.05) is 6.07 Å². The largest absolute Gasteiger partial charge is 0.464 e. The first-order chi connectivity index (χ1) is 13.2. The van der Waals surface area contributed by atoms with Gasteiger partial charge in [-0.2, -0.15) is 9.97 Å². The molecule has 0 atom stereocenters. The molecule has 0 bridgehead atoms. The van der Waals surface area contributed by atoms with Crippen molar-refractivity contribution in [3.05, 3.63) is 60.1 Å². The highest BCUT2D eigenvalue weighted by Gasteiger charge is 2.19. The summed E-state index contributed by atoms with van der Waals surface area (Å²) in [6.45, 7) is 4.65. The van der Waals surface area contributed by atoms with Crippen molar-refractivity contribution >= 4 is 11.2 Å². The highest BCUT2D eigenvalue weighted by molar-refractivity contribution is 5.79. The number of aromatic nitrogens is 6. The second-order valence-electron chi connectivity index (χ2n) is 5.97. The predicted molar refractivity (Wildman–Crippen MR) is 97.8 cm³/mol. The van der Waals surface area contributed by atoms with Gasteiger partial charge in [0.25, 0.3) is 0 Å². The first-order valence-corrected chi connectivity index (χ1v) is 8.53. The van der Waals surface area contributed by atoms with E-state index in [1.54, 1.807) is 18.6 Å². The smallest absolute Gasteiger partial charge is 0.318 e. The predicted octanol–water partition coefficient (Wildman–Crippen LogP) is 3.18. The van der Waals surface area contributed by atoms with Crippen LogP contribution in [0.2, 0.25) is 0 Å². The van der Waals surface area contributed by atoms with E-state index in [0.717, 1.165) is 11.8 Å². The third-order valence-corrected chi connectivity index (χ3v) is 4.05. The Kier molecular flexibility index (Phi) is 4.45. The van der Waals surface area contributed by atoms with Gasteiger partial charge >= 0.3 is 6.01 Å². The van der Waals surface area contributed by atoms with Crippen molar-refractivity contribution < 1.29 is 9.13 Å². The average Bonchev–Trinajstić information content (AvgIpc) is 3.02. The summed E-state index contributed by atoms with van der Waals surface area (Å²) in [6.07, 6.45) is 6.23. The fraction of sp³-hybridized carbons (Fsp3) is 0.211. The van der Waals surface area contributed by atoms with Crippen molar-refractivity contribution in [1.29, 1.82) is 0 Å². The molecule has 8 heteroatoms. The van der Waals surface area contributed by atoms with Crippen molar-refractivity contribution in [2.75, 3.05) is 6.61 Å².